The Morgan fingerprint density at radius 3 is 2.53 bits per heavy atom. The highest BCUT2D eigenvalue weighted by atomic mass is 79.9. The molecule has 2 aromatic rings. The summed E-state index contributed by atoms with van der Waals surface area (Å²) in [5.41, 5.74) is 5.56. The molecule has 0 aliphatic heterocycles. The molecular formula is C21H23BrClN3O3S. The molecule has 3 N–H and O–H groups in total. The number of hydrogen-bond donors (Lipinski definition) is 3. The van der Waals surface area contributed by atoms with Crippen LogP contribution in [0.2, 0.25) is 5.02 Å². The quantitative estimate of drug-likeness (QED) is 0.263. The van der Waals surface area contributed by atoms with Gasteiger partial charge in [-0.15, -0.1) is 0 Å². The molecule has 9 heteroatoms. The van der Waals surface area contributed by atoms with Gasteiger partial charge in [-0.3, -0.25) is 25.8 Å². The molecule has 30 heavy (non-hydrogen) atoms. The maximum absolute atomic E-state index is 12.4. The Morgan fingerprint density at radius 1 is 1.07 bits per heavy atom. The zero-order valence-corrected chi connectivity index (χ0v) is 19.6. The van der Waals surface area contributed by atoms with Crippen LogP contribution in [-0.2, 0) is 0 Å². The number of amides is 2. The van der Waals surface area contributed by atoms with Gasteiger partial charge in [0.1, 0.15) is 5.75 Å². The summed E-state index contributed by atoms with van der Waals surface area (Å²) < 4.78 is 6.42. The number of ether oxygens (including phenoxy) is 1. The lowest BCUT2D eigenvalue weighted by Gasteiger charge is -2.12. The lowest BCUT2D eigenvalue weighted by atomic mass is 10.2. The van der Waals surface area contributed by atoms with Crippen LogP contribution in [0.3, 0.4) is 0 Å². The number of thiocarbonyl (C=S) groups is 1. The predicted molar refractivity (Wildman–Crippen MR) is 126 cm³/mol. The van der Waals surface area contributed by atoms with Crippen molar-refractivity contribution in [3.8, 4) is 5.75 Å². The van der Waals surface area contributed by atoms with E-state index in [9.17, 15) is 9.59 Å². The molecule has 0 radical (unpaired) electrons. The Balaban J connectivity index is 1.83. The van der Waals surface area contributed by atoms with Crippen molar-refractivity contribution in [3.05, 3.63) is 63.1 Å². The summed E-state index contributed by atoms with van der Waals surface area (Å²) in [5, 5.41) is 2.76. The van der Waals surface area contributed by atoms with Gasteiger partial charge in [-0.1, -0.05) is 49.9 Å². The summed E-state index contributed by atoms with van der Waals surface area (Å²) in [5.74, 6) is -0.217. The molecule has 6 nitrogen and oxygen atoms in total. The van der Waals surface area contributed by atoms with Gasteiger partial charge in [-0.05, 0) is 64.9 Å². The normalized spacial score (nSPS) is 10.2. The molecule has 0 atom stereocenters. The first-order valence-electron chi connectivity index (χ1n) is 9.51. The molecule has 2 aromatic carbocycles. The first-order chi connectivity index (χ1) is 14.4. The van der Waals surface area contributed by atoms with Crippen molar-refractivity contribution in [2.24, 2.45) is 0 Å². The maximum Gasteiger partial charge on any atom is 0.271 e. The number of hydrazine groups is 1. The van der Waals surface area contributed by atoms with E-state index in [1.807, 2.05) is 0 Å². The van der Waals surface area contributed by atoms with Gasteiger partial charge in [0.25, 0.3) is 11.8 Å². The molecule has 2 amide bonds. The van der Waals surface area contributed by atoms with E-state index in [0.29, 0.717) is 27.4 Å². The third kappa shape index (κ3) is 7.59. The number of rotatable bonds is 8. The minimum Gasteiger partial charge on any atom is -0.492 e. The fourth-order valence-corrected chi connectivity index (χ4v) is 3.36. The Hall–Kier alpha value is -2.16. The third-order valence-electron chi connectivity index (χ3n) is 4.08. The van der Waals surface area contributed by atoms with Gasteiger partial charge < -0.3 is 4.74 Å². The van der Waals surface area contributed by atoms with Gasteiger partial charge in [-0.25, -0.2) is 0 Å². The average molecular weight is 513 g/mol. The summed E-state index contributed by atoms with van der Waals surface area (Å²) in [6.07, 6.45) is 4.48. The van der Waals surface area contributed by atoms with E-state index in [1.165, 1.54) is 12.8 Å². The first kappa shape index (κ1) is 24.1. The smallest absolute Gasteiger partial charge is 0.271 e. The van der Waals surface area contributed by atoms with E-state index >= 15 is 0 Å². The van der Waals surface area contributed by atoms with Crippen LogP contribution in [0.15, 0.2) is 46.9 Å². The van der Waals surface area contributed by atoms with Crippen molar-refractivity contribution in [1.29, 1.82) is 0 Å². The molecule has 0 aliphatic rings. The van der Waals surface area contributed by atoms with E-state index in [2.05, 4.69) is 39.0 Å². The Morgan fingerprint density at radius 2 is 1.83 bits per heavy atom. The fourth-order valence-electron chi connectivity index (χ4n) is 2.50. The Kier molecular flexibility index (Phi) is 10.1. The van der Waals surface area contributed by atoms with Gasteiger partial charge in [0.2, 0.25) is 0 Å². The molecule has 0 unspecified atom stereocenters. The summed E-state index contributed by atoms with van der Waals surface area (Å²) in [6.45, 7) is 2.79. The van der Waals surface area contributed by atoms with E-state index in [4.69, 9.17) is 28.6 Å². The van der Waals surface area contributed by atoms with Crippen LogP contribution in [0.4, 0.5) is 0 Å². The number of carbonyl (C=O) groups excluding carboxylic acids is 2. The summed E-state index contributed by atoms with van der Waals surface area (Å²) in [6, 6.07) is 11.6. The zero-order chi connectivity index (χ0) is 21.9. The number of hydrogen-bond acceptors (Lipinski definition) is 4. The van der Waals surface area contributed by atoms with Crippen molar-refractivity contribution in [2.45, 2.75) is 32.6 Å². The lowest BCUT2D eigenvalue weighted by molar-refractivity contribution is 0.0934. The molecule has 0 spiro atoms. The van der Waals surface area contributed by atoms with Gasteiger partial charge in [0, 0.05) is 5.56 Å². The van der Waals surface area contributed by atoms with Gasteiger partial charge in [0.15, 0.2) is 5.11 Å². The minimum absolute atomic E-state index is 0.0484. The number of nitrogens with one attached hydrogen (secondary N) is 3. The Labute approximate surface area is 194 Å². The van der Waals surface area contributed by atoms with Crippen molar-refractivity contribution < 1.29 is 14.3 Å². The molecule has 0 fully saturated rings. The highest BCUT2D eigenvalue weighted by Crippen LogP contribution is 2.26. The van der Waals surface area contributed by atoms with Crippen molar-refractivity contribution >= 4 is 56.7 Å². The van der Waals surface area contributed by atoms with Crippen LogP contribution in [0.5, 0.6) is 5.75 Å². The van der Waals surface area contributed by atoms with Crippen molar-refractivity contribution in [1.82, 2.24) is 16.2 Å². The lowest BCUT2D eigenvalue weighted by Crippen LogP contribution is -2.48. The van der Waals surface area contributed by atoms with E-state index in [0.717, 1.165) is 12.8 Å². The second kappa shape index (κ2) is 12.5. The van der Waals surface area contributed by atoms with Crippen LogP contribution in [0.1, 0.15) is 53.3 Å². The van der Waals surface area contributed by atoms with Crippen LogP contribution in [0, 0.1) is 0 Å². The predicted octanol–water partition coefficient (Wildman–Crippen LogP) is 5.01. The molecule has 0 bridgehead atoms. The third-order valence-corrected chi connectivity index (χ3v) is 5.24. The van der Waals surface area contributed by atoms with E-state index in [1.54, 1.807) is 42.5 Å². The topological polar surface area (TPSA) is 79.5 Å². The summed E-state index contributed by atoms with van der Waals surface area (Å²) in [7, 11) is 0. The van der Waals surface area contributed by atoms with Gasteiger partial charge in [-0.2, -0.15) is 0 Å². The first-order valence-corrected chi connectivity index (χ1v) is 11.1. The van der Waals surface area contributed by atoms with Gasteiger partial charge >= 0.3 is 0 Å². The average Bonchev–Trinajstić information content (AvgIpc) is 2.73. The van der Waals surface area contributed by atoms with Crippen LogP contribution < -0.4 is 20.9 Å². The number of unbranched alkanes of at least 4 members (excludes halogenated alkanes) is 3. The SMILES string of the molecule is CCCCCCOc1ccc(C(=O)NC(=S)NNC(=O)c2ccccc2Cl)cc1Br. The van der Waals surface area contributed by atoms with Crippen LogP contribution in [-0.4, -0.2) is 23.5 Å². The number of benzene rings is 2. The molecule has 2 rings (SSSR count). The Bertz CT molecular complexity index is 911. The molecule has 160 valence electrons. The van der Waals surface area contributed by atoms with Gasteiger partial charge in [0.05, 0.1) is 21.7 Å². The number of halogens is 2. The van der Waals surface area contributed by atoms with E-state index < -0.39 is 11.8 Å². The van der Waals surface area contributed by atoms with E-state index in [-0.39, 0.29) is 10.7 Å². The monoisotopic (exact) mass is 511 g/mol. The molecule has 0 saturated carbocycles. The zero-order valence-electron chi connectivity index (χ0n) is 16.5. The number of carbonyl (C=O) groups is 2. The molecular weight excluding hydrogens is 490 g/mol. The molecule has 0 saturated heterocycles. The standard InChI is InChI=1S/C21H23BrClN3O3S/c1-2-3-4-7-12-29-18-11-10-14(13-16(18)22)19(27)24-21(30)26-25-20(28)15-8-5-6-9-17(15)23/h5-6,8-11,13H,2-4,7,12H2,1H3,(H,25,28)(H2,24,26,27,30). The second-order valence-corrected chi connectivity index (χ2v) is 8.07. The maximum atomic E-state index is 12.4. The summed E-state index contributed by atoms with van der Waals surface area (Å²) in [4.78, 5) is 24.5. The summed E-state index contributed by atoms with van der Waals surface area (Å²) >= 11 is 14.5. The van der Waals surface area contributed by atoms with Crippen LogP contribution in [0.25, 0.3) is 0 Å². The molecule has 0 aliphatic carbocycles. The highest BCUT2D eigenvalue weighted by molar-refractivity contribution is 9.10. The minimum atomic E-state index is -0.472. The largest absolute Gasteiger partial charge is 0.492 e. The second-order valence-electron chi connectivity index (χ2n) is 6.40. The van der Waals surface area contributed by atoms with Crippen LogP contribution >= 0.6 is 39.7 Å². The molecule has 0 aromatic heterocycles. The fraction of sp³-hybridized carbons (Fsp3) is 0.286. The van der Waals surface area contributed by atoms with Crippen molar-refractivity contribution in [3.63, 3.8) is 0 Å². The highest BCUT2D eigenvalue weighted by Gasteiger charge is 2.13. The molecule has 0 heterocycles. The van der Waals surface area contributed by atoms with Crippen molar-refractivity contribution in [2.75, 3.05) is 6.61 Å².